The van der Waals surface area contributed by atoms with E-state index in [0.717, 1.165) is 5.56 Å². The Kier molecular flexibility index (Phi) is 5.35. The number of ether oxygens (including phenoxy) is 3. The molecule has 3 fully saturated rings. The molecule has 4 rings (SSSR count). The monoisotopic (exact) mass is 440 g/mol. The molecule has 4 atom stereocenters. The van der Waals surface area contributed by atoms with E-state index in [0.29, 0.717) is 0 Å². The number of amides is 3. The highest BCUT2D eigenvalue weighted by atomic mass is 32.2. The molecule has 0 aromatic heterocycles. The maximum absolute atomic E-state index is 12.5. The normalized spacial score (nSPS) is 31.0. The standard InChI is InChI=1S/C19H24N2O8S/c1-11-4-6-12(7-5-11)30(24,25)26-10-13-15-16(29-19(2,3)28-15)17(27-13)21-9-8-14(22)20-18(21)23/h4-7,13,15-17H,8-10H2,1-3H3,(H,20,22,23)/t13-,15-,16-,17-/m1/s1. The number of hydrogen-bond acceptors (Lipinski definition) is 8. The summed E-state index contributed by atoms with van der Waals surface area (Å²) in [6.07, 6.45) is -2.76. The first-order valence-corrected chi connectivity index (χ1v) is 11.0. The molecule has 10 nitrogen and oxygen atoms in total. The first-order chi connectivity index (χ1) is 14.1. The predicted octanol–water partition coefficient (Wildman–Crippen LogP) is 0.887. The average Bonchev–Trinajstić information content (AvgIpc) is 3.14. The molecular weight excluding hydrogens is 416 g/mol. The molecule has 3 amide bonds. The SMILES string of the molecule is Cc1ccc(S(=O)(=O)OC[C@H]2O[C@@H](N3CCC(=O)NC3=O)[C@@H]3OC(C)(C)O[C@@H]32)cc1. The molecule has 0 saturated carbocycles. The highest BCUT2D eigenvalue weighted by molar-refractivity contribution is 7.86. The Morgan fingerprint density at radius 2 is 1.83 bits per heavy atom. The first kappa shape index (κ1) is 21.2. The minimum absolute atomic E-state index is 0.0389. The van der Waals surface area contributed by atoms with Crippen molar-refractivity contribution in [1.82, 2.24) is 10.2 Å². The van der Waals surface area contributed by atoms with Crippen molar-refractivity contribution in [3.8, 4) is 0 Å². The van der Waals surface area contributed by atoms with Crippen molar-refractivity contribution in [2.24, 2.45) is 0 Å². The third-order valence-corrected chi connectivity index (χ3v) is 6.51. The van der Waals surface area contributed by atoms with Gasteiger partial charge in [-0.25, -0.2) is 4.79 Å². The molecule has 11 heteroatoms. The van der Waals surface area contributed by atoms with Crippen molar-refractivity contribution in [3.63, 3.8) is 0 Å². The molecule has 3 aliphatic heterocycles. The second-order valence-corrected chi connectivity index (χ2v) is 9.59. The molecule has 0 spiro atoms. The summed E-state index contributed by atoms with van der Waals surface area (Å²) in [5, 5.41) is 2.25. The third-order valence-electron chi connectivity index (χ3n) is 5.22. The van der Waals surface area contributed by atoms with Crippen molar-refractivity contribution >= 4 is 22.1 Å². The second-order valence-electron chi connectivity index (χ2n) is 7.98. The minimum Gasteiger partial charge on any atom is -0.347 e. The zero-order valence-electron chi connectivity index (χ0n) is 16.9. The quantitative estimate of drug-likeness (QED) is 0.670. The zero-order chi connectivity index (χ0) is 21.7. The topological polar surface area (TPSA) is 120 Å². The highest BCUT2D eigenvalue weighted by Crippen LogP contribution is 2.40. The molecular formula is C19H24N2O8S. The lowest BCUT2D eigenvalue weighted by molar-refractivity contribution is -0.204. The number of aryl methyl sites for hydroxylation is 1. The minimum atomic E-state index is -4.00. The van der Waals surface area contributed by atoms with Crippen molar-refractivity contribution in [1.29, 1.82) is 0 Å². The summed E-state index contributed by atoms with van der Waals surface area (Å²) in [6.45, 7) is 5.17. The summed E-state index contributed by atoms with van der Waals surface area (Å²) in [7, 11) is -4.00. The van der Waals surface area contributed by atoms with Crippen molar-refractivity contribution in [2.45, 2.75) is 62.4 Å². The van der Waals surface area contributed by atoms with Crippen LogP contribution >= 0.6 is 0 Å². The van der Waals surface area contributed by atoms with Gasteiger partial charge in [-0.15, -0.1) is 0 Å². The molecule has 1 aromatic rings. The van der Waals surface area contributed by atoms with Gasteiger partial charge >= 0.3 is 6.03 Å². The van der Waals surface area contributed by atoms with Gasteiger partial charge in [-0.1, -0.05) is 17.7 Å². The summed E-state index contributed by atoms with van der Waals surface area (Å²) in [5.41, 5.74) is 0.927. The summed E-state index contributed by atoms with van der Waals surface area (Å²) in [4.78, 5) is 25.1. The lowest BCUT2D eigenvalue weighted by atomic mass is 10.1. The zero-order valence-corrected chi connectivity index (χ0v) is 17.7. The Morgan fingerprint density at radius 1 is 1.17 bits per heavy atom. The number of carbonyl (C=O) groups is 2. The number of imide groups is 1. The Morgan fingerprint density at radius 3 is 2.50 bits per heavy atom. The molecule has 0 radical (unpaired) electrons. The molecule has 3 saturated heterocycles. The molecule has 1 aromatic carbocycles. The number of carbonyl (C=O) groups excluding carboxylic acids is 2. The number of rotatable bonds is 5. The van der Waals surface area contributed by atoms with Gasteiger partial charge in [0.2, 0.25) is 5.91 Å². The molecule has 0 aliphatic carbocycles. The van der Waals surface area contributed by atoms with Crippen LogP contribution in [-0.2, 0) is 33.3 Å². The fourth-order valence-electron chi connectivity index (χ4n) is 3.79. The molecule has 3 heterocycles. The fourth-order valence-corrected chi connectivity index (χ4v) is 4.71. The van der Waals surface area contributed by atoms with Gasteiger partial charge in [0.25, 0.3) is 10.1 Å². The van der Waals surface area contributed by atoms with E-state index in [4.69, 9.17) is 18.4 Å². The van der Waals surface area contributed by atoms with Gasteiger partial charge < -0.3 is 14.2 Å². The van der Waals surface area contributed by atoms with Gasteiger partial charge in [0.1, 0.15) is 18.3 Å². The summed E-state index contributed by atoms with van der Waals surface area (Å²) in [5.74, 6) is -1.30. The Labute approximate surface area is 174 Å². The molecule has 0 bridgehead atoms. The number of benzene rings is 1. The van der Waals surface area contributed by atoms with E-state index in [1.165, 1.54) is 17.0 Å². The lowest BCUT2D eigenvalue weighted by Crippen LogP contribution is -2.56. The summed E-state index contributed by atoms with van der Waals surface area (Å²) >= 11 is 0. The summed E-state index contributed by atoms with van der Waals surface area (Å²) < 4.78 is 48.0. The van der Waals surface area contributed by atoms with Crippen LogP contribution in [0.2, 0.25) is 0 Å². The number of nitrogens with zero attached hydrogens (tertiary/aromatic N) is 1. The van der Waals surface area contributed by atoms with Crippen LogP contribution in [0.3, 0.4) is 0 Å². The van der Waals surface area contributed by atoms with Gasteiger partial charge in [0.15, 0.2) is 12.0 Å². The fraction of sp³-hybridized carbons (Fsp3) is 0.579. The van der Waals surface area contributed by atoms with Crippen molar-refractivity contribution in [2.75, 3.05) is 13.2 Å². The van der Waals surface area contributed by atoms with Crippen LogP contribution < -0.4 is 5.32 Å². The molecule has 0 unspecified atom stereocenters. The van der Waals surface area contributed by atoms with E-state index < -0.39 is 46.5 Å². The molecule has 3 aliphatic rings. The molecule has 30 heavy (non-hydrogen) atoms. The third kappa shape index (κ3) is 4.08. The second kappa shape index (κ2) is 7.57. The van der Waals surface area contributed by atoms with Gasteiger partial charge in [-0.3, -0.25) is 19.2 Å². The average molecular weight is 440 g/mol. The smallest absolute Gasteiger partial charge is 0.326 e. The van der Waals surface area contributed by atoms with Gasteiger partial charge in [0, 0.05) is 13.0 Å². The van der Waals surface area contributed by atoms with E-state index in [9.17, 15) is 18.0 Å². The highest BCUT2D eigenvalue weighted by Gasteiger charge is 2.58. The van der Waals surface area contributed by atoms with E-state index in [-0.39, 0.29) is 30.4 Å². The lowest BCUT2D eigenvalue weighted by Gasteiger charge is -2.34. The maximum atomic E-state index is 12.5. The Hall–Kier alpha value is -2.05. The van der Waals surface area contributed by atoms with Crippen LogP contribution in [0.15, 0.2) is 29.2 Å². The van der Waals surface area contributed by atoms with Crippen LogP contribution in [-0.4, -0.2) is 68.7 Å². The maximum Gasteiger partial charge on any atom is 0.326 e. The number of nitrogens with one attached hydrogen (secondary N) is 1. The van der Waals surface area contributed by atoms with Crippen molar-refractivity contribution in [3.05, 3.63) is 29.8 Å². The van der Waals surface area contributed by atoms with Crippen LogP contribution in [0, 0.1) is 6.92 Å². The van der Waals surface area contributed by atoms with Crippen LogP contribution in [0.1, 0.15) is 25.8 Å². The summed E-state index contributed by atoms with van der Waals surface area (Å²) in [6, 6.07) is 5.72. The van der Waals surface area contributed by atoms with Gasteiger partial charge in [0.05, 0.1) is 11.5 Å². The molecule has 1 N–H and O–H groups in total. The van der Waals surface area contributed by atoms with Crippen LogP contribution in [0.5, 0.6) is 0 Å². The van der Waals surface area contributed by atoms with E-state index in [2.05, 4.69) is 5.32 Å². The predicted molar refractivity (Wildman–Crippen MR) is 102 cm³/mol. The van der Waals surface area contributed by atoms with E-state index in [1.807, 2.05) is 6.92 Å². The van der Waals surface area contributed by atoms with Gasteiger partial charge in [-0.05, 0) is 32.9 Å². The number of fused-ring (bicyclic) bond motifs is 1. The Balaban J connectivity index is 1.50. The first-order valence-electron chi connectivity index (χ1n) is 9.63. The van der Waals surface area contributed by atoms with Crippen LogP contribution in [0.25, 0.3) is 0 Å². The number of hydrogen-bond donors (Lipinski definition) is 1. The molecule has 164 valence electrons. The largest absolute Gasteiger partial charge is 0.347 e. The van der Waals surface area contributed by atoms with Crippen LogP contribution in [0.4, 0.5) is 4.79 Å². The number of urea groups is 1. The van der Waals surface area contributed by atoms with E-state index >= 15 is 0 Å². The van der Waals surface area contributed by atoms with Crippen molar-refractivity contribution < 1.29 is 36.4 Å². The Bertz CT molecular complexity index is 946. The van der Waals surface area contributed by atoms with Gasteiger partial charge in [-0.2, -0.15) is 8.42 Å². The van der Waals surface area contributed by atoms with E-state index in [1.54, 1.807) is 26.0 Å².